The van der Waals surface area contributed by atoms with E-state index in [1.165, 1.54) is 6.42 Å². The molecule has 1 amide bonds. The lowest BCUT2D eigenvalue weighted by Crippen LogP contribution is -2.41. The molecule has 0 bridgehead atoms. The number of benzene rings is 1. The summed E-state index contributed by atoms with van der Waals surface area (Å²) in [5.74, 6) is 0.273. The first-order chi connectivity index (χ1) is 14.1. The minimum absolute atomic E-state index is 0.137. The monoisotopic (exact) mass is 388 g/mol. The number of hydrogen-bond acceptors (Lipinski definition) is 5. The van der Waals surface area contributed by atoms with Crippen molar-refractivity contribution >= 4 is 34.8 Å². The number of fused-ring (bicyclic) bond motifs is 2. The van der Waals surface area contributed by atoms with E-state index < -0.39 is 5.92 Å². The Morgan fingerprint density at radius 1 is 0.931 bits per heavy atom. The molecule has 6 nitrogen and oxygen atoms in total. The molecule has 0 N–H and O–H groups in total. The molecule has 6 heteroatoms. The van der Waals surface area contributed by atoms with Gasteiger partial charge in [0.1, 0.15) is 5.78 Å². The summed E-state index contributed by atoms with van der Waals surface area (Å²) >= 11 is 0. The van der Waals surface area contributed by atoms with Crippen molar-refractivity contribution in [3.63, 3.8) is 0 Å². The van der Waals surface area contributed by atoms with Gasteiger partial charge in [0.25, 0.3) is 5.91 Å². The van der Waals surface area contributed by atoms with E-state index >= 15 is 0 Å². The highest BCUT2D eigenvalue weighted by Gasteiger charge is 2.42. The van der Waals surface area contributed by atoms with Gasteiger partial charge in [-0.3, -0.25) is 9.59 Å². The predicted molar refractivity (Wildman–Crippen MR) is 113 cm³/mol. The van der Waals surface area contributed by atoms with E-state index in [0.717, 1.165) is 61.2 Å². The lowest BCUT2D eigenvalue weighted by atomic mass is 9.73. The summed E-state index contributed by atoms with van der Waals surface area (Å²) in [5.41, 5.74) is 3.96. The Balaban J connectivity index is 1.68. The van der Waals surface area contributed by atoms with Crippen LogP contribution in [0.5, 0.6) is 0 Å². The summed E-state index contributed by atoms with van der Waals surface area (Å²) in [6.45, 7) is 3.74. The van der Waals surface area contributed by atoms with Crippen molar-refractivity contribution in [1.29, 1.82) is 0 Å². The summed E-state index contributed by atoms with van der Waals surface area (Å²) in [7, 11) is 0. The van der Waals surface area contributed by atoms with E-state index in [-0.39, 0.29) is 11.7 Å². The number of nitrogens with zero attached hydrogens (tertiary/aromatic N) is 4. The maximum Gasteiger partial charge on any atom is 0.284 e. The van der Waals surface area contributed by atoms with Gasteiger partial charge in [0.15, 0.2) is 5.84 Å². The van der Waals surface area contributed by atoms with Crippen LogP contribution < -0.4 is 0 Å². The molecule has 4 aliphatic rings. The quantitative estimate of drug-likeness (QED) is 0.740. The van der Waals surface area contributed by atoms with Crippen LogP contribution in [0.1, 0.15) is 49.7 Å². The zero-order valence-electron chi connectivity index (χ0n) is 16.6. The largest absolute Gasteiger partial charge is 0.341 e. The summed E-state index contributed by atoms with van der Waals surface area (Å²) in [5, 5.41) is 0. The third kappa shape index (κ3) is 3.07. The minimum Gasteiger partial charge on any atom is -0.341 e. The first-order valence-electron chi connectivity index (χ1n) is 10.5. The number of aliphatic imine (C=N–C) groups is 3. The Morgan fingerprint density at radius 3 is 2.52 bits per heavy atom. The van der Waals surface area contributed by atoms with Gasteiger partial charge in [-0.2, -0.15) is 9.98 Å². The van der Waals surface area contributed by atoms with Crippen LogP contribution in [0.25, 0.3) is 5.57 Å². The molecule has 3 heterocycles. The topological polar surface area (TPSA) is 74.5 Å². The van der Waals surface area contributed by atoms with E-state index in [1.54, 1.807) is 0 Å². The van der Waals surface area contributed by atoms with Gasteiger partial charge < -0.3 is 4.90 Å². The van der Waals surface area contributed by atoms with Crippen molar-refractivity contribution in [3.05, 3.63) is 41.0 Å². The van der Waals surface area contributed by atoms with Gasteiger partial charge in [-0.25, -0.2) is 4.99 Å². The zero-order valence-corrected chi connectivity index (χ0v) is 16.6. The minimum atomic E-state index is -0.450. The Bertz CT molecular complexity index is 1030. The molecule has 1 aliphatic carbocycles. The highest BCUT2D eigenvalue weighted by atomic mass is 16.1. The number of guanidine groups is 1. The van der Waals surface area contributed by atoms with Crippen LogP contribution >= 0.6 is 0 Å². The Morgan fingerprint density at radius 2 is 1.72 bits per heavy atom. The Labute approximate surface area is 170 Å². The molecule has 0 aromatic heterocycles. The second-order valence-electron chi connectivity index (χ2n) is 8.16. The number of allylic oxidation sites excluding steroid dienone is 1. The lowest BCUT2D eigenvalue weighted by molar-refractivity contribution is -0.120. The molecule has 3 aliphatic heterocycles. The summed E-state index contributed by atoms with van der Waals surface area (Å²) in [6, 6.07) is 7.90. The maximum absolute atomic E-state index is 13.2. The number of piperidine rings is 1. The van der Waals surface area contributed by atoms with Crippen LogP contribution in [0, 0.1) is 12.8 Å². The SMILES string of the molecule is Cc1ccccc1C1=C2C(=O)N=C(N3CCCCC3)N=C2N=C2CCCC(=O)C21. The summed E-state index contributed by atoms with van der Waals surface area (Å²) in [4.78, 5) is 42.0. The number of aryl methyl sites for hydroxylation is 1. The number of amides is 1. The van der Waals surface area contributed by atoms with Gasteiger partial charge in [-0.15, -0.1) is 0 Å². The predicted octanol–water partition coefficient (Wildman–Crippen LogP) is 3.35. The fourth-order valence-electron chi connectivity index (χ4n) is 4.78. The molecule has 0 spiro atoms. The number of carbonyl (C=O) groups is 2. The number of amidine groups is 1. The second kappa shape index (κ2) is 7.17. The molecule has 5 rings (SSSR count). The van der Waals surface area contributed by atoms with Crippen LogP contribution in [0.15, 0.2) is 44.8 Å². The molecule has 1 unspecified atom stereocenters. The highest BCUT2D eigenvalue weighted by Crippen LogP contribution is 2.40. The molecular formula is C23H24N4O2. The van der Waals surface area contributed by atoms with Crippen molar-refractivity contribution in [3.8, 4) is 0 Å². The van der Waals surface area contributed by atoms with Crippen LogP contribution in [0.4, 0.5) is 0 Å². The molecule has 1 aromatic carbocycles. The number of Topliss-reactive ketones (excluding diaryl/α,β-unsaturated/α-hetero) is 1. The van der Waals surface area contributed by atoms with E-state index in [4.69, 9.17) is 9.98 Å². The standard InChI is InChI=1S/C23H24N4O2/c1-14-8-3-4-9-15(14)18-19-16(10-7-11-17(19)28)24-21-20(18)22(29)26-23(25-21)27-12-5-2-6-13-27/h3-4,8-9,19H,2,5-7,10-13H2,1H3. The van der Waals surface area contributed by atoms with Crippen molar-refractivity contribution in [2.45, 2.75) is 45.4 Å². The van der Waals surface area contributed by atoms with E-state index in [9.17, 15) is 9.59 Å². The van der Waals surface area contributed by atoms with Crippen LogP contribution in [-0.2, 0) is 9.59 Å². The molecule has 148 valence electrons. The first kappa shape index (κ1) is 18.2. The Hall–Kier alpha value is -2.89. The van der Waals surface area contributed by atoms with Gasteiger partial charge >= 0.3 is 0 Å². The number of dihydropyridines is 1. The van der Waals surface area contributed by atoms with Crippen molar-refractivity contribution in [1.82, 2.24) is 4.90 Å². The van der Waals surface area contributed by atoms with Crippen LogP contribution in [0.3, 0.4) is 0 Å². The average molecular weight is 388 g/mol. The number of hydrogen-bond donors (Lipinski definition) is 0. The zero-order chi connectivity index (χ0) is 20.0. The number of ketones is 1. The van der Waals surface area contributed by atoms with Gasteiger partial charge in [-0.05, 0) is 55.7 Å². The molecular weight excluding hydrogens is 364 g/mol. The van der Waals surface area contributed by atoms with Crippen LogP contribution in [-0.4, -0.2) is 47.2 Å². The highest BCUT2D eigenvalue weighted by molar-refractivity contribution is 6.38. The van der Waals surface area contributed by atoms with Crippen molar-refractivity contribution in [2.24, 2.45) is 20.9 Å². The maximum atomic E-state index is 13.2. The van der Waals surface area contributed by atoms with Gasteiger partial charge in [0.2, 0.25) is 5.96 Å². The van der Waals surface area contributed by atoms with E-state index in [2.05, 4.69) is 9.89 Å². The van der Waals surface area contributed by atoms with E-state index in [0.29, 0.717) is 23.8 Å². The van der Waals surface area contributed by atoms with Crippen LogP contribution in [0.2, 0.25) is 0 Å². The lowest BCUT2D eigenvalue weighted by Gasteiger charge is -2.34. The average Bonchev–Trinajstić information content (AvgIpc) is 2.73. The van der Waals surface area contributed by atoms with Gasteiger partial charge in [-0.1, -0.05) is 24.3 Å². The third-order valence-electron chi connectivity index (χ3n) is 6.24. The van der Waals surface area contributed by atoms with Crippen molar-refractivity contribution in [2.75, 3.05) is 13.1 Å². The molecule has 1 aromatic rings. The normalized spacial score (nSPS) is 24.5. The molecule has 1 atom stereocenters. The van der Waals surface area contributed by atoms with Gasteiger partial charge in [0.05, 0.1) is 11.5 Å². The summed E-state index contributed by atoms with van der Waals surface area (Å²) in [6.07, 6.45) is 5.46. The molecule has 0 radical (unpaired) electrons. The number of carbonyl (C=O) groups excluding carboxylic acids is 2. The molecule has 1 saturated carbocycles. The van der Waals surface area contributed by atoms with Gasteiger partial charge in [0, 0.05) is 25.2 Å². The second-order valence-corrected chi connectivity index (χ2v) is 8.16. The summed E-state index contributed by atoms with van der Waals surface area (Å²) < 4.78 is 0. The fraction of sp³-hybridized carbons (Fsp3) is 0.435. The number of likely N-dealkylation sites (tertiary alicyclic amines) is 1. The fourth-order valence-corrected chi connectivity index (χ4v) is 4.78. The third-order valence-corrected chi connectivity index (χ3v) is 6.24. The first-order valence-corrected chi connectivity index (χ1v) is 10.5. The Kier molecular flexibility index (Phi) is 4.49. The number of rotatable bonds is 1. The molecule has 2 fully saturated rings. The smallest absolute Gasteiger partial charge is 0.284 e. The molecule has 1 saturated heterocycles. The van der Waals surface area contributed by atoms with E-state index in [1.807, 2.05) is 31.2 Å². The van der Waals surface area contributed by atoms with Crippen molar-refractivity contribution < 1.29 is 9.59 Å². The molecule has 29 heavy (non-hydrogen) atoms.